The van der Waals surface area contributed by atoms with Crippen LogP contribution in [-0.2, 0) is 10.0 Å². The minimum atomic E-state index is -3.50. The summed E-state index contributed by atoms with van der Waals surface area (Å²) in [6.45, 7) is 1.93. The molecule has 0 aromatic heterocycles. The molecule has 0 amide bonds. The number of anilines is 1. The average molecular weight is 340 g/mol. The molecule has 2 aromatic rings. The molecule has 0 aliphatic heterocycles. The quantitative estimate of drug-likeness (QED) is 0.856. The van der Waals surface area contributed by atoms with Crippen molar-refractivity contribution < 1.29 is 8.42 Å². The molecule has 0 atom stereocenters. The third-order valence-corrected chi connectivity index (χ3v) is 5.20. The molecule has 2 rings (SSSR count). The van der Waals surface area contributed by atoms with Gasteiger partial charge in [-0.25, -0.2) is 8.42 Å². The molecule has 0 aliphatic carbocycles. The zero-order valence-corrected chi connectivity index (χ0v) is 13.1. The number of aryl methyl sites for hydroxylation is 1. The Morgan fingerprint density at radius 2 is 1.47 bits per heavy atom. The van der Waals surface area contributed by atoms with E-state index in [0.717, 1.165) is 10.0 Å². The van der Waals surface area contributed by atoms with Crippen molar-refractivity contribution in [1.29, 1.82) is 0 Å². The minimum Gasteiger partial charge on any atom is -0.269 e. The summed E-state index contributed by atoms with van der Waals surface area (Å²) >= 11 is 3.33. The van der Waals surface area contributed by atoms with Gasteiger partial charge in [0.25, 0.3) is 10.0 Å². The first-order chi connectivity index (χ1) is 8.91. The van der Waals surface area contributed by atoms with Crippen LogP contribution in [0.2, 0.25) is 0 Å². The van der Waals surface area contributed by atoms with Gasteiger partial charge in [-0.15, -0.1) is 0 Å². The molecule has 0 unspecified atom stereocenters. The van der Waals surface area contributed by atoms with Gasteiger partial charge in [0.05, 0.1) is 10.6 Å². The van der Waals surface area contributed by atoms with E-state index in [1.165, 1.54) is 4.31 Å². The number of sulfonamides is 1. The normalized spacial score (nSPS) is 11.3. The molecule has 0 radical (unpaired) electrons. The molecule has 0 spiro atoms. The molecule has 0 saturated carbocycles. The summed E-state index contributed by atoms with van der Waals surface area (Å²) in [7, 11) is -1.95. The van der Waals surface area contributed by atoms with Crippen LogP contribution < -0.4 is 4.31 Å². The maximum Gasteiger partial charge on any atom is 0.264 e. The van der Waals surface area contributed by atoms with Gasteiger partial charge in [-0.1, -0.05) is 33.6 Å². The van der Waals surface area contributed by atoms with Gasteiger partial charge in [0.1, 0.15) is 0 Å². The number of hydrogen-bond donors (Lipinski definition) is 0. The summed E-state index contributed by atoms with van der Waals surface area (Å²) in [5, 5.41) is 0. The van der Waals surface area contributed by atoms with Crippen LogP contribution in [0.25, 0.3) is 0 Å². The molecular weight excluding hydrogens is 326 g/mol. The van der Waals surface area contributed by atoms with Crippen LogP contribution in [0.15, 0.2) is 57.9 Å². The Balaban J connectivity index is 2.39. The van der Waals surface area contributed by atoms with E-state index in [1.807, 2.05) is 19.1 Å². The van der Waals surface area contributed by atoms with Crippen LogP contribution in [0.4, 0.5) is 5.69 Å². The smallest absolute Gasteiger partial charge is 0.264 e. The third-order valence-electron chi connectivity index (χ3n) is 2.87. The predicted molar refractivity (Wildman–Crippen MR) is 80.9 cm³/mol. The van der Waals surface area contributed by atoms with Crippen LogP contribution in [0, 0.1) is 6.92 Å². The van der Waals surface area contributed by atoms with E-state index in [1.54, 1.807) is 43.4 Å². The molecule has 2 aromatic carbocycles. The lowest BCUT2D eigenvalue weighted by Crippen LogP contribution is -2.26. The average Bonchev–Trinajstić information content (AvgIpc) is 2.39. The molecule has 0 bridgehead atoms. The van der Waals surface area contributed by atoms with E-state index in [-0.39, 0.29) is 0 Å². The summed E-state index contributed by atoms with van der Waals surface area (Å²) in [6, 6.07) is 14.0. The molecule has 19 heavy (non-hydrogen) atoms. The number of hydrogen-bond acceptors (Lipinski definition) is 2. The van der Waals surface area contributed by atoms with Crippen molar-refractivity contribution in [1.82, 2.24) is 0 Å². The Morgan fingerprint density at radius 1 is 0.947 bits per heavy atom. The summed E-state index contributed by atoms with van der Waals surface area (Å²) < 4.78 is 27.1. The van der Waals surface area contributed by atoms with E-state index < -0.39 is 10.0 Å². The van der Waals surface area contributed by atoms with Crippen LogP contribution in [0.1, 0.15) is 5.56 Å². The molecular formula is C14H14BrNO2S. The van der Waals surface area contributed by atoms with Crippen molar-refractivity contribution >= 4 is 31.6 Å². The van der Waals surface area contributed by atoms with Crippen molar-refractivity contribution in [2.24, 2.45) is 0 Å². The van der Waals surface area contributed by atoms with Crippen LogP contribution in [0.3, 0.4) is 0 Å². The summed E-state index contributed by atoms with van der Waals surface area (Å²) in [5.74, 6) is 0. The topological polar surface area (TPSA) is 37.4 Å². The zero-order chi connectivity index (χ0) is 14.0. The van der Waals surface area contributed by atoms with Gasteiger partial charge in [-0.05, 0) is 43.3 Å². The molecule has 0 aliphatic rings. The molecule has 0 fully saturated rings. The van der Waals surface area contributed by atoms with E-state index in [0.29, 0.717) is 10.6 Å². The summed E-state index contributed by atoms with van der Waals surface area (Å²) in [5.41, 5.74) is 1.66. The highest BCUT2D eigenvalue weighted by Crippen LogP contribution is 2.23. The zero-order valence-electron chi connectivity index (χ0n) is 10.7. The van der Waals surface area contributed by atoms with Crippen molar-refractivity contribution in [2.75, 3.05) is 11.4 Å². The first-order valence-electron chi connectivity index (χ1n) is 5.72. The van der Waals surface area contributed by atoms with Gasteiger partial charge >= 0.3 is 0 Å². The maximum absolute atomic E-state index is 12.4. The Bertz CT molecular complexity index is 664. The van der Waals surface area contributed by atoms with E-state index >= 15 is 0 Å². The highest BCUT2D eigenvalue weighted by Gasteiger charge is 2.20. The van der Waals surface area contributed by atoms with E-state index in [4.69, 9.17) is 0 Å². The lowest BCUT2D eigenvalue weighted by atomic mass is 10.2. The monoisotopic (exact) mass is 339 g/mol. The first-order valence-corrected chi connectivity index (χ1v) is 7.96. The number of halogens is 1. The van der Waals surface area contributed by atoms with Crippen molar-refractivity contribution in [3.8, 4) is 0 Å². The Kier molecular flexibility index (Phi) is 3.96. The van der Waals surface area contributed by atoms with E-state index in [2.05, 4.69) is 15.9 Å². The second kappa shape index (κ2) is 5.35. The highest BCUT2D eigenvalue weighted by atomic mass is 79.9. The lowest BCUT2D eigenvalue weighted by molar-refractivity contribution is 0.594. The predicted octanol–water partition coefficient (Wildman–Crippen LogP) is 3.58. The van der Waals surface area contributed by atoms with Gasteiger partial charge in [-0.3, -0.25) is 4.31 Å². The van der Waals surface area contributed by atoms with Gasteiger partial charge in [0.2, 0.25) is 0 Å². The fraction of sp³-hybridized carbons (Fsp3) is 0.143. The molecule has 0 heterocycles. The Hall–Kier alpha value is -1.33. The number of rotatable bonds is 3. The second-order valence-corrected chi connectivity index (χ2v) is 7.15. The molecule has 0 N–H and O–H groups in total. The standard InChI is InChI=1S/C14H14BrNO2S/c1-11-3-9-14(10-4-11)19(17,18)16(2)13-7-5-12(15)6-8-13/h3-10H,1-2H3. The fourth-order valence-corrected chi connectivity index (χ4v) is 3.12. The largest absolute Gasteiger partial charge is 0.269 e. The number of benzene rings is 2. The highest BCUT2D eigenvalue weighted by molar-refractivity contribution is 9.10. The van der Waals surface area contributed by atoms with Crippen LogP contribution in [-0.4, -0.2) is 15.5 Å². The molecule has 3 nitrogen and oxygen atoms in total. The fourth-order valence-electron chi connectivity index (χ4n) is 1.66. The van der Waals surface area contributed by atoms with Gasteiger partial charge in [0.15, 0.2) is 0 Å². The SMILES string of the molecule is Cc1ccc(S(=O)(=O)N(C)c2ccc(Br)cc2)cc1. The van der Waals surface area contributed by atoms with Crippen LogP contribution >= 0.6 is 15.9 Å². The Morgan fingerprint density at radius 3 is 2.00 bits per heavy atom. The third kappa shape index (κ3) is 2.98. The molecule has 5 heteroatoms. The molecule has 0 saturated heterocycles. The van der Waals surface area contributed by atoms with Crippen molar-refractivity contribution in [3.63, 3.8) is 0 Å². The first kappa shape index (κ1) is 14.1. The Labute approximate surface area is 122 Å². The van der Waals surface area contributed by atoms with Gasteiger partial charge in [-0.2, -0.15) is 0 Å². The van der Waals surface area contributed by atoms with Crippen molar-refractivity contribution in [2.45, 2.75) is 11.8 Å². The van der Waals surface area contributed by atoms with E-state index in [9.17, 15) is 8.42 Å². The maximum atomic E-state index is 12.4. The van der Waals surface area contributed by atoms with Gasteiger partial charge < -0.3 is 0 Å². The summed E-state index contributed by atoms with van der Waals surface area (Å²) in [4.78, 5) is 0.295. The minimum absolute atomic E-state index is 0.295. The van der Waals surface area contributed by atoms with Crippen molar-refractivity contribution in [3.05, 3.63) is 58.6 Å². The van der Waals surface area contributed by atoms with Gasteiger partial charge in [0, 0.05) is 11.5 Å². The summed E-state index contributed by atoms with van der Waals surface area (Å²) in [6.07, 6.45) is 0. The molecule has 100 valence electrons. The second-order valence-electron chi connectivity index (χ2n) is 4.26. The lowest BCUT2D eigenvalue weighted by Gasteiger charge is -2.19. The number of nitrogens with zero attached hydrogens (tertiary/aromatic N) is 1. The van der Waals surface area contributed by atoms with Crippen LogP contribution in [0.5, 0.6) is 0 Å².